The lowest BCUT2D eigenvalue weighted by Gasteiger charge is -2.14. The SMILES string of the molecule is COc1cc(/C=C(\C#N)C(=O)Nc2cc(Cl)cc(Cl)c2)ccc1OC(C)C. The van der Waals surface area contributed by atoms with Crippen molar-refractivity contribution in [2.24, 2.45) is 0 Å². The predicted octanol–water partition coefficient (Wildman–Crippen LogP) is 5.33. The summed E-state index contributed by atoms with van der Waals surface area (Å²) < 4.78 is 11.0. The largest absolute Gasteiger partial charge is 0.493 e. The van der Waals surface area contributed by atoms with E-state index in [0.29, 0.717) is 32.8 Å². The minimum Gasteiger partial charge on any atom is -0.493 e. The number of methoxy groups -OCH3 is 1. The first-order valence-corrected chi connectivity index (χ1v) is 8.82. The van der Waals surface area contributed by atoms with Gasteiger partial charge in [-0.2, -0.15) is 5.26 Å². The van der Waals surface area contributed by atoms with Crippen LogP contribution in [0.5, 0.6) is 11.5 Å². The van der Waals surface area contributed by atoms with Crippen LogP contribution in [0.1, 0.15) is 19.4 Å². The van der Waals surface area contributed by atoms with Gasteiger partial charge in [0.1, 0.15) is 11.6 Å². The van der Waals surface area contributed by atoms with Crippen LogP contribution in [0.4, 0.5) is 5.69 Å². The molecule has 0 aliphatic carbocycles. The maximum Gasteiger partial charge on any atom is 0.266 e. The van der Waals surface area contributed by atoms with Crippen molar-refractivity contribution in [2.45, 2.75) is 20.0 Å². The van der Waals surface area contributed by atoms with Crippen LogP contribution in [-0.4, -0.2) is 19.1 Å². The molecule has 7 heteroatoms. The molecule has 0 spiro atoms. The first-order valence-electron chi connectivity index (χ1n) is 8.06. The normalized spacial score (nSPS) is 11.1. The van der Waals surface area contributed by atoms with Gasteiger partial charge in [-0.1, -0.05) is 29.3 Å². The summed E-state index contributed by atoms with van der Waals surface area (Å²) in [6.07, 6.45) is 1.45. The average molecular weight is 405 g/mol. The predicted molar refractivity (Wildman–Crippen MR) is 107 cm³/mol. The molecular weight excluding hydrogens is 387 g/mol. The Labute approximate surface area is 168 Å². The molecule has 0 aliphatic heterocycles. The van der Waals surface area contributed by atoms with Crippen LogP contribution in [0.3, 0.4) is 0 Å². The summed E-state index contributed by atoms with van der Waals surface area (Å²) >= 11 is 11.8. The van der Waals surface area contributed by atoms with Crippen LogP contribution >= 0.6 is 23.2 Å². The number of nitrogens with one attached hydrogen (secondary N) is 1. The number of halogens is 2. The molecule has 2 aromatic rings. The number of amides is 1. The minimum absolute atomic E-state index is 0.00902. The highest BCUT2D eigenvalue weighted by atomic mass is 35.5. The summed E-state index contributed by atoms with van der Waals surface area (Å²) in [5.41, 5.74) is 0.946. The molecule has 2 rings (SSSR count). The zero-order valence-corrected chi connectivity index (χ0v) is 16.6. The Kier molecular flexibility index (Phi) is 7.12. The van der Waals surface area contributed by atoms with Gasteiger partial charge >= 0.3 is 0 Å². The van der Waals surface area contributed by atoms with E-state index in [-0.39, 0.29) is 11.7 Å². The second kappa shape index (κ2) is 9.31. The van der Waals surface area contributed by atoms with Crippen molar-refractivity contribution in [1.29, 1.82) is 5.26 Å². The molecule has 0 saturated heterocycles. The molecule has 5 nitrogen and oxygen atoms in total. The van der Waals surface area contributed by atoms with Gasteiger partial charge in [-0.25, -0.2) is 0 Å². The standard InChI is InChI=1S/C20H18Cl2N2O3/c1-12(2)27-18-5-4-13(7-19(18)26-3)6-14(11-23)20(25)24-17-9-15(21)8-16(22)10-17/h4-10,12H,1-3H3,(H,24,25)/b14-6+. The van der Waals surface area contributed by atoms with Crippen molar-refractivity contribution >= 4 is 40.9 Å². The summed E-state index contributed by atoms with van der Waals surface area (Å²) in [4.78, 5) is 12.4. The first-order chi connectivity index (χ1) is 12.8. The number of carbonyl (C=O) groups is 1. The van der Waals surface area contributed by atoms with E-state index < -0.39 is 5.91 Å². The van der Waals surface area contributed by atoms with Gasteiger partial charge in [0.2, 0.25) is 0 Å². The van der Waals surface area contributed by atoms with Gasteiger partial charge < -0.3 is 14.8 Å². The Bertz CT molecular complexity index is 898. The van der Waals surface area contributed by atoms with E-state index in [2.05, 4.69) is 5.32 Å². The Morgan fingerprint density at radius 3 is 2.37 bits per heavy atom. The zero-order chi connectivity index (χ0) is 20.0. The van der Waals surface area contributed by atoms with Gasteiger partial charge in [0.25, 0.3) is 5.91 Å². The molecule has 0 aromatic heterocycles. The van der Waals surface area contributed by atoms with E-state index in [9.17, 15) is 10.1 Å². The van der Waals surface area contributed by atoms with Crippen molar-refractivity contribution in [3.63, 3.8) is 0 Å². The van der Waals surface area contributed by atoms with E-state index in [0.717, 1.165) is 0 Å². The summed E-state index contributed by atoms with van der Waals surface area (Å²) in [6.45, 7) is 3.82. The molecule has 0 fully saturated rings. The highest BCUT2D eigenvalue weighted by Gasteiger charge is 2.12. The van der Waals surface area contributed by atoms with Crippen LogP contribution in [0.2, 0.25) is 10.0 Å². The summed E-state index contributed by atoms with van der Waals surface area (Å²) in [5, 5.41) is 12.7. The fourth-order valence-electron chi connectivity index (χ4n) is 2.26. The fraction of sp³-hybridized carbons (Fsp3) is 0.200. The molecule has 0 radical (unpaired) electrons. The molecule has 140 valence electrons. The molecule has 0 bridgehead atoms. The molecule has 0 aliphatic rings. The third kappa shape index (κ3) is 5.92. The number of benzene rings is 2. The first kappa shape index (κ1) is 20.6. The molecule has 27 heavy (non-hydrogen) atoms. The van der Waals surface area contributed by atoms with Gasteiger partial charge in [0, 0.05) is 15.7 Å². The molecule has 2 aromatic carbocycles. The number of rotatable bonds is 6. The van der Waals surface area contributed by atoms with E-state index >= 15 is 0 Å². The van der Waals surface area contributed by atoms with Crippen LogP contribution < -0.4 is 14.8 Å². The Morgan fingerprint density at radius 1 is 1.15 bits per heavy atom. The van der Waals surface area contributed by atoms with Crippen molar-refractivity contribution in [2.75, 3.05) is 12.4 Å². The Morgan fingerprint density at radius 2 is 1.81 bits per heavy atom. The Balaban J connectivity index is 2.26. The number of anilines is 1. The van der Waals surface area contributed by atoms with Gasteiger partial charge in [-0.15, -0.1) is 0 Å². The topological polar surface area (TPSA) is 71.3 Å². The van der Waals surface area contributed by atoms with Gasteiger partial charge in [0.05, 0.1) is 13.2 Å². The van der Waals surface area contributed by atoms with Crippen LogP contribution in [0.25, 0.3) is 6.08 Å². The molecule has 1 amide bonds. The number of nitriles is 1. The summed E-state index contributed by atoms with van der Waals surface area (Å²) in [7, 11) is 1.52. The van der Waals surface area contributed by atoms with Gasteiger partial charge in [-0.3, -0.25) is 4.79 Å². The summed E-state index contributed by atoms with van der Waals surface area (Å²) in [5.74, 6) is 0.523. The van der Waals surface area contributed by atoms with Crippen molar-refractivity contribution in [1.82, 2.24) is 0 Å². The van der Waals surface area contributed by atoms with Gasteiger partial charge in [-0.05, 0) is 55.8 Å². The van der Waals surface area contributed by atoms with Crippen LogP contribution in [-0.2, 0) is 4.79 Å². The lowest BCUT2D eigenvalue weighted by atomic mass is 10.1. The summed E-state index contributed by atoms with van der Waals surface area (Å²) in [6, 6.07) is 11.7. The smallest absolute Gasteiger partial charge is 0.266 e. The molecule has 0 unspecified atom stereocenters. The third-order valence-corrected chi connectivity index (χ3v) is 3.78. The zero-order valence-electron chi connectivity index (χ0n) is 15.0. The second-order valence-electron chi connectivity index (χ2n) is 5.86. The van der Waals surface area contributed by atoms with E-state index in [1.807, 2.05) is 19.9 Å². The number of hydrogen-bond acceptors (Lipinski definition) is 4. The van der Waals surface area contributed by atoms with E-state index in [4.69, 9.17) is 32.7 Å². The molecular formula is C20H18Cl2N2O3. The highest BCUT2D eigenvalue weighted by molar-refractivity contribution is 6.35. The van der Waals surface area contributed by atoms with Crippen molar-refractivity contribution in [3.05, 3.63) is 57.6 Å². The fourth-order valence-corrected chi connectivity index (χ4v) is 2.79. The highest BCUT2D eigenvalue weighted by Crippen LogP contribution is 2.30. The number of nitrogens with zero attached hydrogens (tertiary/aromatic N) is 1. The monoisotopic (exact) mass is 404 g/mol. The number of carbonyl (C=O) groups excluding carboxylic acids is 1. The van der Waals surface area contributed by atoms with Crippen molar-refractivity contribution < 1.29 is 14.3 Å². The number of hydrogen-bond donors (Lipinski definition) is 1. The van der Waals surface area contributed by atoms with Crippen LogP contribution in [0.15, 0.2) is 42.0 Å². The Hall–Kier alpha value is -2.68. The van der Waals surface area contributed by atoms with Gasteiger partial charge in [0.15, 0.2) is 11.5 Å². The average Bonchev–Trinajstić information content (AvgIpc) is 2.59. The molecule has 1 N–H and O–H groups in total. The quantitative estimate of drug-likeness (QED) is 0.521. The van der Waals surface area contributed by atoms with E-state index in [1.54, 1.807) is 36.4 Å². The van der Waals surface area contributed by atoms with Crippen molar-refractivity contribution in [3.8, 4) is 17.6 Å². The molecule has 0 saturated carbocycles. The van der Waals surface area contributed by atoms with E-state index in [1.165, 1.54) is 13.2 Å². The molecule has 0 heterocycles. The lowest BCUT2D eigenvalue weighted by Crippen LogP contribution is -2.13. The molecule has 0 atom stereocenters. The number of ether oxygens (including phenoxy) is 2. The maximum atomic E-state index is 12.4. The second-order valence-corrected chi connectivity index (χ2v) is 6.73. The van der Waals surface area contributed by atoms with Crippen LogP contribution in [0, 0.1) is 11.3 Å². The minimum atomic E-state index is -0.572. The third-order valence-electron chi connectivity index (χ3n) is 3.35. The lowest BCUT2D eigenvalue weighted by molar-refractivity contribution is -0.112. The maximum absolute atomic E-state index is 12.4.